The zero-order valence-electron chi connectivity index (χ0n) is 8.85. The zero-order valence-corrected chi connectivity index (χ0v) is 8.85. The second-order valence-corrected chi connectivity index (χ2v) is 3.48. The highest BCUT2D eigenvalue weighted by molar-refractivity contribution is 5.76. The number of ether oxygens (including phenoxy) is 1. The van der Waals surface area contributed by atoms with Crippen molar-refractivity contribution in [2.45, 2.75) is 25.8 Å². The Morgan fingerprint density at radius 3 is 3.00 bits per heavy atom. The van der Waals surface area contributed by atoms with Gasteiger partial charge in [-0.05, 0) is 31.2 Å². The normalized spacial score (nSPS) is 16.6. The lowest BCUT2D eigenvalue weighted by atomic mass is 10.2. The molecule has 1 fully saturated rings. The molecule has 1 rings (SSSR count). The molecule has 1 unspecified atom stereocenters. The van der Waals surface area contributed by atoms with Crippen LogP contribution in [0.4, 0.5) is 0 Å². The monoisotopic (exact) mass is 212 g/mol. The Hall–Kier alpha value is -1.26. The third-order valence-electron chi connectivity index (χ3n) is 2.27. The fourth-order valence-electron chi connectivity index (χ4n) is 1.42. The number of nitrogens with zero attached hydrogens (tertiary/aromatic N) is 3. The van der Waals surface area contributed by atoms with Crippen LogP contribution in [-0.4, -0.2) is 31.7 Å². The molecule has 0 aromatic rings. The van der Waals surface area contributed by atoms with E-state index in [1.54, 1.807) is 6.92 Å². The molecule has 1 atom stereocenters. The lowest BCUT2D eigenvalue weighted by Crippen LogP contribution is -2.41. The summed E-state index contributed by atoms with van der Waals surface area (Å²) in [6.07, 6.45) is 2.13. The summed E-state index contributed by atoms with van der Waals surface area (Å²) in [6, 6.07) is -0.223. The molecule has 0 aliphatic heterocycles. The van der Waals surface area contributed by atoms with Crippen molar-refractivity contribution in [3.63, 3.8) is 0 Å². The molecular weight excluding hydrogens is 196 g/mol. The number of rotatable bonds is 7. The third-order valence-corrected chi connectivity index (χ3v) is 2.27. The lowest BCUT2D eigenvalue weighted by Gasteiger charge is -2.15. The number of carbonyl (C=O) groups is 1. The summed E-state index contributed by atoms with van der Waals surface area (Å²) in [7, 11) is 0. The summed E-state index contributed by atoms with van der Waals surface area (Å²) in [4.78, 5) is 14.1. The fourth-order valence-corrected chi connectivity index (χ4v) is 1.42. The van der Waals surface area contributed by atoms with E-state index >= 15 is 0 Å². The van der Waals surface area contributed by atoms with Crippen molar-refractivity contribution >= 4 is 5.97 Å². The summed E-state index contributed by atoms with van der Waals surface area (Å²) in [5.41, 5.74) is 8.09. The van der Waals surface area contributed by atoms with E-state index in [2.05, 4.69) is 15.3 Å². The van der Waals surface area contributed by atoms with E-state index in [1.165, 1.54) is 0 Å². The van der Waals surface area contributed by atoms with Gasteiger partial charge in [-0.1, -0.05) is 5.11 Å². The van der Waals surface area contributed by atoms with Crippen LogP contribution < -0.4 is 5.32 Å². The van der Waals surface area contributed by atoms with Crippen LogP contribution in [0.1, 0.15) is 19.8 Å². The predicted octanol–water partition coefficient (Wildman–Crippen LogP) is 1.23. The van der Waals surface area contributed by atoms with Crippen LogP contribution in [0.15, 0.2) is 5.11 Å². The number of nitrogens with one attached hydrogen (secondary N) is 1. The van der Waals surface area contributed by atoms with Crippen molar-refractivity contribution in [3.05, 3.63) is 10.4 Å². The van der Waals surface area contributed by atoms with Crippen molar-refractivity contribution in [2.75, 3.05) is 19.7 Å². The van der Waals surface area contributed by atoms with Gasteiger partial charge in [0.05, 0.1) is 6.61 Å². The molecule has 0 spiro atoms. The van der Waals surface area contributed by atoms with Crippen molar-refractivity contribution in [2.24, 2.45) is 11.0 Å². The number of carbonyl (C=O) groups excluding carboxylic acids is 1. The third kappa shape index (κ3) is 4.18. The zero-order chi connectivity index (χ0) is 11.1. The molecule has 0 heterocycles. The van der Waals surface area contributed by atoms with Crippen LogP contribution in [0.3, 0.4) is 0 Å². The van der Waals surface area contributed by atoms with Gasteiger partial charge >= 0.3 is 5.97 Å². The molecule has 1 aliphatic rings. The Balaban J connectivity index is 2.30. The SMILES string of the molecule is CCOC(=O)C(NCCN=[N+]=[N-])C1CC1. The average molecular weight is 212 g/mol. The highest BCUT2D eigenvalue weighted by atomic mass is 16.5. The van der Waals surface area contributed by atoms with Crippen molar-refractivity contribution < 1.29 is 9.53 Å². The van der Waals surface area contributed by atoms with E-state index in [0.29, 0.717) is 25.6 Å². The molecule has 0 bridgehead atoms. The van der Waals surface area contributed by atoms with Gasteiger partial charge in [0.15, 0.2) is 0 Å². The fraction of sp³-hybridized carbons (Fsp3) is 0.889. The van der Waals surface area contributed by atoms with Gasteiger partial charge in [0.25, 0.3) is 0 Å². The summed E-state index contributed by atoms with van der Waals surface area (Å²) in [6.45, 7) is 3.07. The molecule has 1 saturated carbocycles. The minimum Gasteiger partial charge on any atom is -0.465 e. The van der Waals surface area contributed by atoms with Crippen molar-refractivity contribution in [1.29, 1.82) is 0 Å². The van der Waals surface area contributed by atoms with Gasteiger partial charge in [0, 0.05) is 18.0 Å². The second kappa shape index (κ2) is 6.27. The van der Waals surface area contributed by atoms with Gasteiger partial charge in [-0.3, -0.25) is 4.79 Å². The Kier molecular flexibility index (Phi) is 4.93. The van der Waals surface area contributed by atoms with Crippen LogP contribution in [0.2, 0.25) is 0 Å². The maximum absolute atomic E-state index is 11.5. The lowest BCUT2D eigenvalue weighted by molar-refractivity contribution is -0.146. The largest absolute Gasteiger partial charge is 0.465 e. The number of hydrogen-bond donors (Lipinski definition) is 1. The minimum atomic E-state index is -0.223. The molecule has 15 heavy (non-hydrogen) atoms. The van der Waals surface area contributed by atoms with E-state index in [4.69, 9.17) is 10.3 Å². The van der Waals surface area contributed by atoms with Crippen LogP contribution in [0, 0.1) is 5.92 Å². The number of hydrogen-bond acceptors (Lipinski definition) is 4. The van der Waals surface area contributed by atoms with Gasteiger partial charge in [0.1, 0.15) is 6.04 Å². The predicted molar refractivity (Wildman–Crippen MR) is 55.2 cm³/mol. The molecule has 84 valence electrons. The van der Waals surface area contributed by atoms with Crippen molar-refractivity contribution in [1.82, 2.24) is 5.32 Å². The van der Waals surface area contributed by atoms with E-state index in [9.17, 15) is 4.79 Å². The molecule has 0 saturated heterocycles. The van der Waals surface area contributed by atoms with E-state index in [1.807, 2.05) is 0 Å². The topological polar surface area (TPSA) is 87.1 Å². The number of esters is 1. The molecule has 0 aromatic carbocycles. The van der Waals surface area contributed by atoms with E-state index in [0.717, 1.165) is 12.8 Å². The summed E-state index contributed by atoms with van der Waals surface area (Å²) >= 11 is 0. The first kappa shape index (κ1) is 11.8. The molecule has 1 aliphatic carbocycles. The van der Waals surface area contributed by atoms with Crippen LogP contribution in [0.5, 0.6) is 0 Å². The van der Waals surface area contributed by atoms with Gasteiger partial charge in [-0.2, -0.15) is 0 Å². The smallest absolute Gasteiger partial charge is 0.323 e. The Labute approximate surface area is 88.6 Å². The van der Waals surface area contributed by atoms with Crippen molar-refractivity contribution in [3.8, 4) is 0 Å². The summed E-state index contributed by atoms with van der Waals surface area (Å²) < 4.78 is 4.96. The maximum Gasteiger partial charge on any atom is 0.323 e. The number of azide groups is 1. The summed E-state index contributed by atoms with van der Waals surface area (Å²) in [5, 5.41) is 6.46. The molecule has 1 N–H and O–H groups in total. The average Bonchev–Trinajstić information content (AvgIpc) is 3.02. The van der Waals surface area contributed by atoms with E-state index in [-0.39, 0.29) is 12.0 Å². The maximum atomic E-state index is 11.5. The standard InChI is InChI=1S/C9H16N4O2/c1-2-15-9(14)8(7-3-4-7)11-5-6-12-13-10/h7-8,11H,2-6H2,1H3. The second-order valence-electron chi connectivity index (χ2n) is 3.48. The summed E-state index contributed by atoms with van der Waals surface area (Å²) in [5.74, 6) is 0.205. The van der Waals surface area contributed by atoms with Crippen LogP contribution in [-0.2, 0) is 9.53 Å². The van der Waals surface area contributed by atoms with Gasteiger partial charge < -0.3 is 10.1 Å². The quantitative estimate of drug-likeness (QED) is 0.226. The molecule has 0 radical (unpaired) electrons. The van der Waals surface area contributed by atoms with Gasteiger partial charge in [-0.15, -0.1) is 0 Å². The molecule has 0 amide bonds. The molecular formula is C9H16N4O2. The molecule has 6 nitrogen and oxygen atoms in total. The molecule has 6 heteroatoms. The van der Waals surface area contributed by atoms with Gasteiger partial charge in [0.2, 0.25) is 0 Å². The van der Waals surface area contributed by atoms with E-state index < -0.39 is 0 Å². The van der Waals surface area contributed by atoms with Gasteiger partial charge in [-0.25, -0.2) is 0 Å². The first-order chi connectivity index (χ1) is 7.29. The Bertz CT molecular complexity index is 259. The van der Waals surface area contributed by atoms with Crippen LogP contribution >= 0.6 is 0 Å². The highest BCUT2D eigenvalue weighted by Gasteiger charge is 2.36. The Morgan fingerprint density at radius 1 is 1.73 bits per heavy atom. The Morgan fingerprint density at radius 2 is 2.47 bits per heavy atom. The minimum absolute atomic E-state index is 0.194. The first-order valence-electron chi connectivity index (χ1n) is 5.20. The highest BCUT2D eigenvalue weighted by Crippen LogP contribution is 2.33. The molecule has 0 aromatic heterocycles. The van der Waals surface area contributed by atoms with Crippen LogP contribution in [0.25, 0.3) is 10.4 Å². The first-order valence-corrected chi connectivity index (χ1v) is 5.20.